The van der Waals surface area contributed by atoms with E-state index in [0.29, 0.717) is 5.92 Å². The first-order valence-electron chi connectivity index (χ1n) is 11.6. The predicted molar refractivity (Wildman–Crippen MR) is 143 cm³/mol. The highest BCUT2D eigenvalue weighted by atomic mass is 13.9. The summed E-state index contributed by atoms with van der Waals surface area (Å²) in [5.41, 5.74) is 4.78. The molecule has 0 aromatic heterocycles. The Morgan fingerprint density at radius 1 is 0.903 bits per heavy atom. The van der Waals surface area contributed by atoms with Crippen LogP contribution in [0.2, 0.25) is 0 Å². The Kier molecular flexibility index (Phi) is 21.6. The largest absolute Gasteiger partial charge is 0.0980 e. The molecular formula is C31H44. The number of benzene rings is 1. The average Bonchev–Trinajstić information content (AvgIpc) is 2.79. The maximum atomic E-state index is 3.18. The Morgan fingerprint density at radius 2 is 1.55 bits per heavy atom. The third kappa shape index (κ3) is 20.4. The third-order valence-corrected chi connectivity index (χ3v) is 3.98. The Morgan fingerprint density at radius 3 is 2.06 bits per heavy atom. The van der Waals surface area contributed by atoms with Crippen LogP contribution in [0.15, 0.2) is 77.4 Å². The summed E-state index contributed by atoms with van der Waals surface area (Å²) in [5.74, 6) is 13.3. The zero-order chi connectivity index (χ0) is 23.9. The molecule has 0 radical (unpaired) electrons. The summed E-state index contributed by atoms with van der Waals surface area (Å²) in [5, 5.41) is 0. The van der Waals surface area contributed by atoms with Gasteiger partial charge in [0.1, 0.15) is 0 Å². The van der Waals surface area contributed by atoms with Gasteiger partial charge in [-0.25, -0.2) is 0 Å². The van der Waals surface area contributed by atoms with E-state index in [2.05, 4.69) is 83.5 Å². The van der Waals surface area contributed by atoms with E-state index < -0.39 is 0 Å². The molecule has 0 fully saturated rings. The van der Waals surface area contributed by atoms with Gasteiger partial charge in [-0.3, -0.25) is 0 Å². The molecule has 31 heavy (non-hydrogen) atoms. The van der Waals surface area contributed by atoms with Gasteiger partial charge in [0.2, 0.25) is 0 Å². The number of hydrogen-bond acceptors (Lipinski definition) is 0. The lowest BCUT2D eigenvalue weighted by Crippen LogP contribution is -1.81. The van der Waals surface area contributed by atoms with Gasteiger partial charge in [-0.15, -0.1) is 0 Å². The zero-order valence-corrected chi connectivity index (χ0v) is 21.5. The van der Waals surface area contributed by atoms with E-state index in [4.69, 9.17) is 0 Å². The number of hydrogen-bond donors (Lipinski definition) is 0. The first-order chi connectivity index (χ1) is 14.9. The first-order valence-corrected chi connectivity index (χ1v) is 11.6. The molecule has 1 aromatic carbocycles. The first kappa shape index (κ1) is 30.5. The van der Waals surface area contributed by atoms with E-state index >= 15 is 0 Å². The molecule has 0 N–H and O–H groups in total. The molecule has 0 nitrogen and oxygen atoms in total. The van der Waals surface area contributed by atoms with Crippen molar-refractivity contribution in [2.45, 2.75) is 81.6 Å². The lowest BCUT2D eigenvalue weighted by Gasteiger charge is -1.93. The minimum absolute atomic E-state index is 0.670. The second-order valence-corrected chi connectivity index (χ2v) is 7.30. The van der Waals surface area contributed by atoms with Crippen molar-refractivity contribution in [3.05, 3.63) is 83.0 Å². The summed E-state index contributed by atoms with van der Waals surface area (Å²) in [6, 6.07) is 10.1. The fourth-order valence-electron chi connectivity index (χ4n) is 1.96. The van der Waals surface area contributed by atoms with Crippen molar-refractivity contribution in [2.24, 2.45) is 5.92 Å². The van der Waals surface area contributed by atoms with Gasteiger partial charge in [0.25, 0.3) is 0 Å². The topological polar surface area (TPSA) is 0 Å². The van der Waals surface area contributed by atoms with Crippen LogP contribution in [0.5, 0.6) is 0 Å². The third-order valence-electron chi connectivity index (χ3n) is 3.98. The molecule has 0 aliphatic heterocycles. The van der Waals surface area contributed by atoms with Gasteiger partial charge in [-0.2, -0.15) is 0 Å². The quantitative estimate of drug-likeness (QED) is 0.331. The van der Waals surface area contributed by atoms with Gasteiger partial charge in [0, 0.05) is 17.6 Å². The van der Waals surface area contributed by atoms with Crippen molar-refractivity contribution in [2.75, 3.05) is 0 Å². The van der Waals surface area contributed by atoms with Gasteiger partial charge < -0.3 is 0 Å². The standard InChI is InChI=1S/C15H16.C14H22.C2H6/c1-3-5-9-14(4-2)12-13-15-10-7-6-8-11-15;1-6-13(4)10-11-14(5)9-7-8-12(2)3;1-2/h3,5-11H,4H2,1-2H3;10-12H,6,8H2,1-5H3;1-2H3/b5-3-,14-9+;13-10-,14-11+;. The molecule has 0 saturated carbocycles. The second-order valence-electron chi connectivity index (χ2n) is 7.30. The predicted octanol–water partition coefficient (Wildman–Crippen LogP) is 9.32. The highest BCUT2D eigenvalue weighted by molar-refractivity contribution is 5.41. The van der Waals surface area contributed by atoms with Gasteiger partial charge in [0.05, 0.1) is 0 Å². The van der Waals surface area contributed by atoms with E-state index in [1.807, 2.05) is 63.3 Å². The average molecular weight is 417 g/mol. The monoisotopic (exact) mass is 416 g/mol. The lowest BCUT2D eigenvalue weighted by molar-refractivity contribution is 0.676. The minimum Gasteiger partial charge on any atom is -0.0980 e. The van der Waals surface area contributed by atoms with Crippen LogP contribution in [0.3, 0.4) is 0 Å². The molecule has 1 rings (SSSR count). The molecule has 0 bridgehead atoms. The molecule has 0 aliphatic carbocycles. The molecule has 0 saturated heterocycles. The van der Waals surface area contributed by atoms with E-state index in [1.165, 1.54) is 5.57 Å². The maximum Gasteiger partial charge on any atom is 0.0248 e. The summed E-state index contributed by atoms with van der Waals surface area (Å²) >= 11 is 0. The molecule has 1 aromatic rings. The molecule has 168 valence electrons. The van der Waals surface area contributed by atoms with Crippen LogP contribution in [0.25, 0.3) is 0 Å². The van der Waals surface area contributed by atoms with Crippen molar-refractivity contribution in [1.29, 1.82) is 0 Å². The minimum atomic E-state index is 0.670. The summed E-state index contributed by atoms with van der Waals surface area (Å²) in [4.78, 5) is 0. The lowest BCUT2D eigenvalue weighted by atomic mass is 10.1. The fraction of sp³-hybridized carbons (Fsp3) is 0.419. The highest BCUT2D eigenvalue weighted by Crippen LogP contribution is 2.02. The van der Waals surface area contributed by atoms with E-state index in [1.54, 1.807) is 0 Å². The molecule has 0 amide bonds. The molecule has 0 unspecified atom stereocenters. The van der Waals surface area contributed by atoms with Gasteiger partial charge in [0.15, 0.2) is 0 Å². The zero-order valence-electron chi connectivity index (χ0n) is 21.5. The van der Waals surface area contributed by atoms with Crippen molar-refractivity contribution >= 4 is 0 Å². The summed E-state index contributed by atoms with van der Waals surface area (Å²) in [7, 11) is 0. The second kappa shape index (κ2) is 22.0. The van der Waals surface area contributed by atoms with Gasteiger partial charge in [-0.1, -0.05) is 119 Å². The van der Waals surface area contributed by atoms with Crippen molar-refractivity contribution < 1.29 is 0 Å². The Bertz CT molecular complexity index is 804. The van der Waals surface area contributed by atoms with E-state index in [9.17, 15) is 0 Å². The molecule has 0 spiro atoms. The van der Waals surface area contributed by atoms with Crippen molar-refractivity contribution in [3.63, 3.8) is 0 Å². The maximum absolute atomic E-state index is 3.18. The molecule has 0 atom stereocenters. The molecule has 0 heterocycles. The SMILES string of the molecule is C/C=C\C=C(\C#Cc1ccccc1)CC.CC.CC/C(C)=C\C=C(/C)C#CCC(C)C. The smallest absolute Gasteiger partial charge is 0.0248 e. The normalized spacial score (nSPS) is 11.4. The van der Waals surface area contributed by atoms with E-state index in [-0.39, 0.29) is 0 Å². The number of allylic oxidation sites excluding steroid dienone is 8. The van der Waals surface area contributed by atoms with E-state index in [0.717, 1.165) is 36.0 Å². The Hall–Kier alpha value is -2.70. The van der Waals surface area contributed by atoms with Crippen LogP contribution in [-0.2, 0) is 0 Å². The molecular weight excluding hydrogens is 372 g/mol. The van der Waals surface area contributed by atoms with Crippen LogP contribution in [0, 0.1) is 29.6 Å². The van der Waals surface area contributed by atoms with Crippen molar-refractivity contribution in [3.8, 4) is 23.7 Å². The van der Waals surface area contributed by atoms with Crippen LogP contribution in [-0.4, -0.2) is 0 Å². The fourth-order valence-corrected chi connectivity index (χ4v) is 1.96. The van der Waals surface area contributed by atoms with Crippen LogP contribution in [0.1, 0.15) is 87.1 Å². The van der Waals surface area contributed by atoms with Crippen molar-refractivity contribution in [1.82, 2.24) is 0 Å². The van der Waals surface area contributed by atoms with Crippen LogP contribution in [0.4, 0.5) is 0 Å². The summed E-state index contributed by atoms with van der Waals surface area (Å²) in [6.07, 6.45) is 13.4. The summed E-state index contributed by atoms with van der Waals surface area (Å²) < 4.78 is 0. The Balaban J connectivity index is 0. The van der Waals surface area contributed by atoms with Gasteiger partial charge >= 0.3 is 0 Å². The van der Waals surface area contributed by atoms with Crippen LogP contribution >= 0.6 is 0 Å². The Labute approximate surface area is 194 Å². The highest BCUT2D eigenvalue weighted by Gasteiger charge is 1.87. The van der Waals surface area contributed by atoms with Crippen LogP contribution < -0.4 is 0 Å². The van der Waals surface area contributed by atoms with Gasteiger partial charge in [-0.05, 0) is 57.2 Å². The molecule has 0 aliphatic rings. The molecule has 0 heteroatoms. The summed E-state index contributed by atoms with van der Waals surface area (Å²) in [6.45, 7) is 18.9. The number of rotatable bonds is 5.